The number of nitrogens with zero attached hydrogens (tertiary/aromatic N) is 1. The van der Waals surface area contributed by atoms with E-state index in [4.69, 9.17) is 4.74 Å². The lowest BCUT2D eigenvalue weighted by atomic mass is 10.2. The normalized spacial score (nSPS) is 15.9. The molecule has 1 saturated heterocycles. The van der Waals surface area contributed by atoms with Crippen LogP contribution < -0.4 is 15.4 Å². The first-order chi connectivity index (χ1) is 10.8. The maximum atomic E-state index is 11.9. The van der Waals surface area contributed by atoms with E-state index in [0.717, 1.165) is 13.0 Å². The van der Waals surface area contributed by atoms with Crippen LogP contribution in [-0.2, 0) is 0 Å². The maximum absolute atomic E-state index is 11.9. The molecule has 0 bridgehead atoms. The Hall–Kier alpha value is -1.75. The molecular weight excluding hydrogens is 278 g/mol. The summed E-state index contributed by atoms with van der Waals surface area (Å²) in [6.07, 6.45) is 6.31. The molecule has 1 aromatic carbocycles. The number of hydrogen-bond donors (Lipinski definition) is 2. The van der Waals surface area contributed by atoms with E-state index in [-0.39, 0.29) is 6.03 Å². The number of likely N-dealkylation sites (tertiary alicyclic amines) is 1. The van der Waals surface area contributed by atoms with Crippen LogP contribution in [0.3, 0.4) is 0 Å². The first kappa shape index (κ1) is 16.6. The molecule has 1 heterocycles. The molecule has 0 radical (unpaired) electrons. The molecule has 1 aromatic rings. The fraction of sp³-hybridized carbons (Fsp3) is 0.588. The standard InChI is InChI=1S/C17H27N3O2/c1-22-16-10-5-4-9-15(16)19-17(21)18-11-8-14-20-12-6-2-3-7-13-20/h4-5,9-10H,2-3,6-8,11-14H2,1H3,(H2,18,19,21). The maximum Gasteiger partial charge on any atom is 0.319 e. The molecule has 1 fully saturated rings. The van der Waals surface area contributed by atoms with Crippen LogP contribution >= 0.6 is 0 Å². The zero-order chi connectivity index (χ0) is 15.6. The molecule has 0 aliphatic carbocycles. The minimum Gasteiger partial charge on any atom is -0.495 e. The van der Waals surface area contributed by atoms with E-state index in [0.29, 0.717) is 18.0 Å². The van der Waals surface area contributed by atoms with Gasteiger partial charge >= 0.3 is 6.03 Å². The third kappa shape index (κ3) is 5.56. The molecule has 5 heteroatoms. The molecule has 22 heavy (non-hydrogen) atoms. The Kier molecular flexibility index (Phi) is 7.03. The highest BCUT2D eigenvalue weighted by atomic mass is 16.5. The second-order valence-corrected chi connectivity index (χ2v) is 5.69. The number of nitrogens with one attached hydrogen (secondary N) is 2. The minimum absolute atomic E-state index is 0.180. The summed E-state index contributed by atoms with van der Waals surface area (Å²) in [5.74, 6) is 0.669. The predicted molar refractivity (Wildman–Crippen MR) is 89.5 cm³/mol. The average Bonchev–Trinajstić information content (AvgIpc) is 2.81. The van der Waals surface area contributed by atoms with Gasteiger partial charge in [0, 0.05) is 6.54 Å². The third-order valence-corrected chi connectivity index (χ3v) is 3.99. The molecule has 0 aromatic heterocycles. The number of methoxy groups -OCH3 is 1. The van der Waals surface area contributed by atoms with E-state index in [2.05, 4.69) is 15.5 Å². The van der Waals surface area contributed by atoms with Crippen LogP contribution in [0.2, 0.25) is 0 Å². The number of carbonyl (C=O) groups excluding carboxylic acids is 1. The van der Waals surface area contributed by atoms with E-state index in [1.165, 1.54) is 38.8 Å². The number of carbonyl (C=O) groups is 1. The van der Waals surface area contributed by atoms with Crippen LogP contribution in [0.15, 0.2) is 24.3 Å². The van der Waals surface area contributed by atoms with Crippen LogP contribution in [0.4, 0.5) is 10.5 Å². The summed E-state index contributed by atoms with van der Waals surface area (Å²) in [7, 11) is 1.60. The van der Waals surface area contributed by atoms with E-state index in [9.17, 15) is 4.79 Å². The zero-order valence-electron chi connectivity index (χ0n) is 13.4. The second kappa shape index (κ2) is 9.30. The Balaban J connectivity index is 1.65. The van der Waals surface area contributed by atoms with Gasteiger partial charge in [0.2, 0.25) is 0 Å². The topological polar surface area (TPSA) is 53.6 Å². The van der Waals surface area contributed by atoms with Crippen molar-refractivity contribution in [3.63, 3.8) is 0 Å². The molecule has 5 nitrogen and oxygen atoms in total. The number of benzene rings is 1. The summed E-state index contributed by atoms with van der Waals surface area (Å²) in [5, 5.41) is 5.73. The minimum atomic E-state index is -0.180. The Bertz CT molecular complexity index is 457. The Labute approximate surface area is 133 Å². The van der Waals surface area contributed by atoms with E-state index < -0.39 is 0 Å². The van der Waals surface area contributed by atoms with Crippen molar-refractivity contribution < 1.29 is 9.53 Å². The highest BCUT2D eigenvalue weighted by Gasteiger charge is 2.09. The van der Waals surface area contributed by atoms with Gasteiger partial charge in [0.15, 0.2) is 0 Å². The van der Waals surface area contributed by atoms with Gasteiger partial charge in [0.1, 0.15) is 5.75 Å². The molecule has 0 spiro atoms. The number of hydrogen-bond acceptors (Lipinski definition) is 3. The lowest BCUT2D eigenvalue weighted by Gasteiger charge is -2.19. The van der Waals surface area contributed by atoms with Crippen LogP contribution in [0.5, 0.6) is 5.75 Å². The Morgan fingerprint density at radius 1 is 1.18 bits per heavy atom. The molecule has 1 aliphatic heterocycles. The molecular formula is C17H27N3O2. The molecule has 0 saturated carbocycles. The van der Waals surface area contributed by atoms with E-state index in [1.807, 2.05) is 24.3 Å². The largest absolute Gasteiger partial charge is 0.495 e. The average molecular weight is 305 g/mol. The van der Waals surface area contributed by atoms with Gasteiger partial charge in [0.05, 0.1) is 12.8 Å². The smallest absolute Gasteiger partial charge is 0.319 e. The first-order valence-electron chi connectivity index (χ1n) is 8.20. The number of urea groups is 1. The van der Waals surface area contributed by atoms with Gasteiger partial charge in [-0.15, -0.1) is 0 Å². The lowest BCUT2D eigenvalue weighted by molar-refractivity contribution is 0.249. The summed E-state index contributed by atoms with van der Waals surface area (Å²) in [4.78, 5) is 14.4. The number of anilines is 1. The number of amides is 2. The molecule has 2 rings (SSSR count). The molecule has 0 unspecified atom stereocenters. The first-order valence-corrected chi connectivity index (χ1v) is 8.20. The molecule has 1 aliphatic rings. The SMILES string of the molecule is COc1ccccc1NC(=O)NCCCN1CCCCCC1. The zero-order valence-corrected chi connectivity index (χ0v) is 13.4. The lowest BCUT2D eigenvalue weighted by Crippen LogP contribution is -2.33. The quantitative estimate of drug-likeness (QED) is 0.794. The highest BCUT2D eigenvalue weighted by Crippen LogP contribution is 2.22. The second-order valence-electron chi connectivity index (χ2n) is 5.69. The third-order valence-electron chi connectivity index (χ3n) is 3.99. The summed E-state index contributed by atoms with van der Waals surface area (Å²) in [5.41, 5.74) is 0.690. The Morgan fingerprint density at radius 2 is 1.91 bits per heavy atom. The monoisotopic (exact) mass is 305 g/mol. The summed E-state index contributed by atoms with van der Waals surface area (Å²) in [6, 6.07) is 7.23. The van der Waals surface area contributed by atoms with Crippen molar-refractivity contribution in [2.75, 3.05) is 38.6 Å². The van der Waals surface area contributed by atoms with Gasteiger partial charge in [-0.3, -0.25) is 0 Å². The van der Waals surface area contributed by atoms with Crippen LogP contribution in [-0.4, -0.2) is 44.2 Å². The van der Waals surface area contributed by atoms with Crippen molar-refractivity contribution in [3.8, 4) is 5.75 Å². The summed E-state index contributed by atoms with van der Waals surface area (Å²) < 4.78 is 5.21. The fourth-order valence-electron chi connectivity index (χ4n) is 2.78. The number of para-hydroxylation sites is 2. The van der Waals surface area contributed by atoms with Crippen LogP contribution in [0.1, 0.15) is 32.1 Å². The van der Waals surface area contributed by atoms with Gasteiger partial charge in [-0.25, -0.2) is 4.79 Å². The number of ether oxygens (including phenoxy) is 1. The molecule has 0 atom stereocenters. The summed E-state index contributed by atoms with van der Waals surface area (Å²) in [6.45, 7) is 4.16. The van der Waals surface area contributed by atoms with E-state index >= 15 is 0 Å². The van der Waals surface area contributed by atoms with Crippen LogP contribution in [0, 0.1) is 0 Å². The summed E-state index contributed by atoms with van der Waals surface area (Å²) >= 11 is 0. The molecule has 2 amide bonds. The van der Waals surface area contributed by atoms with Crippen LogP contribution in [0.25, 0.3) is 0 Å². The Morgan fingerprint density at radius 3 is 2.64 bits per heavy atom. The van der Waals surface area contributed by atoms with Gasteiger partial charge in [-0.05, 0) is 51.0 Å². The predicted octanol–water partition coefficient (Wildman–Crippen LogP) is 3.08. The highest BCUT2D eigenvalue weighted by molar-refractivity contribution is 5.90. The van der Waals surface area contributed by atoms with Crippen molar-refractivity contribution in [3.05, 3.63) is 24.3 Å². The van der Waals surface area contributed by atoms with Gasteiger partial charge in [-0.2, -0.15) is 0 Å². The van der Waals surface area contributed by atoms with Crippen molar-refractivity contribution in [1.29, 1.82) is 0 Å². The molecule has 122 valence electrons. The van der Waals surface area contributed by atoms with Crippen molar-refractivity contribution in [2.24, 2.45) is 0 Å². The number of rotatable bonds is 6. The van der Waals surface area contributed by atoms with E-state index in [1.54, 1.807) is 7.11 Å². The van der Waals surface area contributed by atoms with Gasteiger partial charge in [0.25, 0.3) is 0 Å². The van der Waals surface area contributed by atoms with Gasteiger partial charge < -0.3 is 20.3 Å². The van der Waals surface area contributed by atoms with Crippen molar-refractivity contribution in [1.82, 2.24) is 10.2 Å². The molecule has 2 N–H and O–H groups in total. The van der Waals surface area contributed by atoms with Gasteiger partial charge in [-0.1, -0.05) is 25.0 Å². The fourth-order valence-corrected chi connectivity index (χ4v) is 2.78. The van der Waals surface area contributed by atoms with Crippen molar-refractivity contribution in [2.45, 2.75) is 32.1 Å². The van der Waals surface area contributed by atoms with Crippen molar-refractivity contribution >= 4 is 11.7 Å².